The Morgan fingerprint density at radius 3 is 3.04 bits per heavy atom. The summed E-state index contributed by atoms with van der Waals surface area (Å²) in [5.74, 6) is 0. The lowest BCUT2D eigenvalue weighted by molar-refractivity contribution is 0.0461. The molecular weight excluding hydrogens is 322 g/mol. The average Bonchev–Trinajstić information content (AvgIpc) is 2.84. The predicted octanol–water partition coefficient (Wildman–Crippen LogP) is 4.55. The Morgan fingerprint density at radius 2 is 2.25 bits per heavy atom. The van der Waals surface area contributed by atoms with Crippen LogP contribution < -0.4 is 4.90 Å². The molecular formula is C19H22ClN3O. The molecule has 1 unspecified atom stereocenters. The molecule has 24 heavy (non-hydrogen) atoms. The summed E-state index contributed by atoms with van der Waals surface area (Å²) in [6, 6.07) is 7.95. The van der Waals surface area contributed by atoms with Gasteiger partial charge >= 0.3 is 0 Å². The van der Waals surface area contributed by atoms with Crippen LogP contribution in [-0.2, 0) is 4.74 Å². The van der Waals surface area contributed by atoms with Crippen molar-refractivity contribution < 1.29 is 4.74 Å². The fourth-order valence-electron chi connectivity index (χ4n) is 3.31. The van der Waals surface area contributed by atoms with Gasteiger partial charge in [0.05, 0.1) is 22.9 Å². The number of ether oxygens (including phenoxy) is 1. The maximum atomic E-state index is 9.54. The Morgan fingerprint density at radius 1 is 1.38 bits per heavy atom. The standard InChI is InChI=1S/C19H22ClN3O/c1-2-10-24-16-4-3-8-23(9-7-16)19-14(12-21)13-22-18-6-5-15(20)11-17(18)19/h5-6,11,13,16H,2-4,7-10H2,1H3. The van der Waals surface area contributed by atoms with Crippen molar-refractivity contribution in [2.75, 3.05) is 24.6 Å². The number of pyridine rings is 1. The molecule has 5 heteroatoms. The van der Waals surface area contributed by atoms with Crippen LogP contribution in [0.1, 0.15) is 38.2 Å². The molecule has 2 aromatic rings. The smallest absolute Gasteiger partial charge is 0.103 e. The molecule has 0 bridgehead atoms. The lowest BCUT2D eigenvalue weighted by atomic mass is 10.1. The third kappa shape index (κ3) is 3.63. The summed E-state index contributed by atoms with van der Waals surface area (Å²) in [5.41, 5.74) is 2.44. The van der Waals surface area contributed by atoms with Gasteiger partial charge in [0.1, 0.15) is 6.07 Å². The Balaban J connectivity index is 1.93. The minimum absolute atomic E-state index is 0.317. The van der Waals surface area contributed by atoms with Crippen molar-refractivity contribution in [2.24, 2.45) is 0 Å². The Labute approximate surface area is 148 Å². The number of halogens is 1. The number of aromatic nitrogens is 1. The number of hydrogen-bond donors (Lipinski definition) is 0. The monoisotopic (exact) mass is 343 g/mol. The van der Waals surface area contributed by atoms with E-state index in [1.807, 2.05) is 18.2 Å². The van der Waals surface area contributed by atoms with Crippen molar-refractivity contribution >= 4 is 28.2 Å². The maximum absolute atomic E-state index is 9.54. The molecule has 0 aliphatic carbocycles. The van der Waals surface area contributed by atoms with Crippen LogP contribution in [0.5, 0.6) is 0 Å². The molecule has 0 N–H and O–H groups in total. The first-order valence-electron chi connectivity index (χ1n) is 8.58. The minimum Gasteiger partial charge on any atom is -0.378 e. The van der Waals surface area contributed by atoms with Crippen molar-refractivity contribution in [1.82, 2.24) is 4.98 Å². The number of nitriles is 1. The fourth-order valence-corrected chi connectivity index (χ4v) is 3.49. The molecule has 1 aromatic carbocycles. The van der Waals surface area contributed by atoms with Crippen molar-refractivity contribution in [1.29, 1.82) is 5.26 Å². The normalized spacial score (nSPS) is 18.4. The minimum atomic E-state index is 0.317. The molecule has 1 aliphatic heterocycles. The third-order valence-electron chi connectivity index (χ3n) is 4.47. The van der Waals surface area contributed by atoms with E-state index in [1.54, 1.807) is 6.20 Å². The predicted molar refractivity (Wildman–Crippen MR) is 97.6 cm³/mol. The summed E-state index contributed by atoms with van der Waals surface area (Å²) in [6.45, 7) is 4.76. The van der Waals surface area contributed by atoms with Crippen molar-refractivity contribution in [3.8, 4) is 6.07 Å². The zero-order valence-electron chi connectivity index (χ0n) is 14.0. The van der Waals surface area contributed by atoms with E-state index in [0.717, 1.165) is 62.0 Å². The van der Waals surface area contributed by atoms with Gasteiger partial charge in [-0.1, -0.05) is 18.5 Å². The summed E-state index contributed by atoms with van der Waals surface area (Å²) in [7, 11) is 0. The second-order valence-corrected chi connectivity index (χ2v) is 6.64. The van der Waals surface area contributed by atoms with E-state index in [1.165, 1.54) is 0 Å². The summed E-state index contributed by atoms with van der Waals surface area (Å²) in [6.07, 6.45) is 6.15. The SMILES string of the molecule is CCCOC1CCCN(c2c(C#N)cnc3ccc(Cl)cc23)CC1. The molecule has 0 radical (unpaired) electrons. The average molecular weight is 344 g/mol. The van der Waals surface area contributed by atoms with Crippen molar-refractivity contribution in [2.45, 2.75) is 38.7 Å². The van der Waals surface area contributed by atoms with Gasteiger partial charge in [0.15, 0.2) is 0 Å². The first kappa shape index (κ1) is 17.0. The summed E-state index contributed by atoms with van der Waals surface area (Å²) < 4.78 is 5.93. The van der Waals surface area contributed by atoms with Crippen LogP contribution >= 0.6 is 11.6 Å². The maximum Gasteiger partial charge on any atom is 0.103 e. The summed E-state index contributed by atoms with van der Waals surface area (Å²) in [4.78, 5) is 6.69. The molecule has 1 fully saturated rings. The number of nitrogens with zero attached hydrogens (tertiary/aromatic N) is 3. The highest BCUT2D eigenvalue weighted by Crippen LogP contribution is 2.33. The molecule has 1 aliphatic rings. The summed E-state index contributed by atoms with van der Waals surface area (Å²) in [5, 5.41) is 11.2. The number of hydrogen-bond acceptors (Lipinski definition) is 4. The van der Waals surface area contributed by atoms with Gasteiger partial charge in [0, 0.05) is 36.3 Å². The molecule has 1 atom stereocenters. The van der Waals surface area contributed by atoms with E-state index < -0.39 is 0 Å². The van der Waals surface area contributed by atoms with Crippen molar-refractivity contribution in [3.05, 3.63) is 35.0 Å². The lowest BCUT2D eigenvalue weighted by Gasteiger charge is -2.25. The quantitative estimate of drug-likeness (QED) is 0.817. The topological polar surface area (TPSA) is 49.1 Å². The van der Waals surface area contributed by atoms with Gasteiger partial charge in [0.2, 0.25) is 0 Å². The molecule has 0 spiro atoms. The van der Waals surface area contributed by atoms with Gasteiger partial charge in [-0.15, -0.1) is 0 Å². The van der Waals surface area contributed by atoms with E-state index in [9.17, 15) is 5.26 Å². The highest BCUT2D eigenvalue weighted by Gasteiger charge is 2.21. The lowest BCUT2D eigenvalue weighted by Crippen LogP contribution is -2.26. The van der Waals surface area contributed by atoms with Crippen LogP contribution in [0.3, 0.4) is 0 Å². The van der Waals surface area contributed by atoms with Gasteiger partial charge < -0.3 is 9.64 Å². The largest absolute Gasteiger partial charge is 0.378 e. The number of fused-ring (bicyclic) bond motifs is 1. The Kier molecular flexibility index (Phi) is 5.55. The molecule has 1 aromatic heterocycles. The molecule has 0 saturated carbocycles. The number of benzene rings is 1. The van der Waals surface area contributed by atoms with Crippen LogP contribution in [-0.4, -0.2) is 30.8 Å². The van der Waals surface area contributed by atoms with E-state index in [0.29, 0.717) is 16.7 Å². The second kappa shape index (κ2) is 7.83. The van der Waals surface area contributed by atoms with Gasteiger partial charge in [-0.2, -0.15) is 5.26 Å². The zero-order chi connectivity index (χ0) is 16.9. The van der Waals surface area contributed by atoms with E-state index in [4.69, 9.17) is 16.3 Å². The fraction of sp³-hybridized carbons (Fsp3) is 0.474. The first-order valence-corrected chi connectivity index (χ1v) is 8.95. The van der Waals surface area contributed by atoms with E-state index in [2.05, 4.69) is 22.9 Å². The third-order valence-corrected chi connectivity index (χ3v) is 4.71. The highest BCUT2D eigenvalue weighted by atomic mass is 35.5. The Hall–Kier alpha value is -1.83. The molecule has 2 heterocycles. The van der Waals surface area contributed by atoms with Crippen LogP contribution in [0.2, 0.25) is 5.02 Å². The zero-order valence-corrected chi connectivity index (χ0v) is 14.7. The molecule has 126 valence electrons. The van der Waals surface area contributed by atoms with Crippen LogP contribution in [0, 0.1) is 11.3 Å². The number of rotatable bonds is 4. The first-order chi connectivity index (χ1) is 11.7. The number of anilines is 1. The van der Waals surface area contributed by atoms with Crippen LogP contribution in [0.25, 0.3) is 10.9 Å². The summed E-state index contributed by atoms with van der Waals surface area (Å²) >= 11 is 6.19. The van der Waals surface area contributed by atoms with Gasteiger partial charge in [-0.25, -0.2) is 0 Å². The van der Waals surface area contributed by atoms with Gasteiger partial charge in [0.25, 0.3) is 0 Å². The van der Waals surface area contributed by atoms with Crippen LogP contribution in [0.15, 0.2) is 24.4 Å². The molecule has 4 nitrogen and oxygen atoms in total. The van der Waals surface area contributed by atoms with Crippen molar-refractivity contribution in [3.63, 3.8) is 0 Å². The Bertz CT molecular complexity index is 756. The van der Waals surface area contributed by atoms with Gasteiger partial charge in [-0.05, 0) is 43.9 Å². The van der Waals surface area contributed by atoms with E-state index in [-0.39, 0.29) is 0 Å². The van der Waals surface area contributed by atoms with Crippen LogP contribution in [0.4, 0.5) is 5.69 Å². The highest BCUT2D eigenvalue weighted by molar-refractivity contribution is 6.31. The molecule has 1 saturated heterocycles. The molecule has 3 rings (SSSR count). The van der Waals surface area contributed by atoms with E-state index >= 15 is 0 Å². The second-order valence-electron chi connectivity index (χ2n) is 6.20. The molecule has 0 amide bonds. The van der Waals surface area contributed by atoms with Gasteiger partial charge in [-0.3, -0.25) is 4.98 Å².